The number of halogens is 3. The Hall–Kier alpha value is -0.840. The Morgan fingerprint density at radius 3 is 2.47 bits per heavy atom. The van der Waals surface area contributed by atoms with Crippen LogP contribution in [0.25, 0.3) is 0 Å². The summed E-state index contributed by atoms with van der Waals surface area (Å²) in [6.07, 6.45) is 0. The third-order valence-electron chi connectivity index (χ3n) is 2.59. The largest absolute Gasteiger partial charge is 0.496 e. The molecule has 2 aromatic rings. The van der Waals surface area contributed by atoms with Gasteiger partial charge in [-0.05, 0) is 52.3 Å². The van der Waals surface area contributed by atoms with Crippen molar-refractivity contribution >= 4 is 49.2 Å². The predicted octanol–water partition coefficient (Wildman–Crippen LogP) is 5.10. The second-order valence-corrected chi connectivity index (χ2v) is 5.98. The van der Waals surface area contributed by atoms with E-state index in [1.54, 1.807) is 43.5 Å². The standard InChI is InChI=1S/C14H9Br2ClO2/c1-19-13-5-2-8(6-11(13)16)14(18)10-4-3-9(15)7-12(10)17/h2-7H,1H3. The first-order chi connectivity index (χ1) is 9.02. The number of hydrogen-bond donors (Lipinski definition) is 0. The van der Waals surface area contributed by atoms with Gasteiger partial charge in [0.15, 0.2) is 5.78 Å². The number of rotatable bonds is 3. The van der Waals surface area contributed by atoms with Crippen LogP contribution < -0.4 is 4.74 Å². The molecule has 0 saturated carbocycles. The summed E-state index contributed by atoms with van der Waals surface area (Å²) in [5.74, 6) is 0.555. The van der Waals surface area contributed by atoms with Gasteiger partial charge in [0.05, 0.1) is 16.6 Å². The predicted molar refractivity (Wildman–Crippen MR) is 83.3 cm³/mol. The highest BCUT2D eigenvalue weighted by atomic mass is 79.9. The number of ether oxygens (including phenoxy) is 1. The van der Waals surface area contributed by atoms with Gasteiger partial charge in [-0.25, -0.2) is 0 Å². The maximum absolute atomic E-state index is 12.4. The fourth-order valence-electron chi connectivity index (χ4n) is 1.64. The molecule has 98 valence electrons. The molecule has 0 bridgehead atoms. The van der Waals surface area contributed by atoms with Crippen molar-refractivity contribution in [2.75, 3.05) is 7.11 Å². The van der Waals surface area contributed by atoms with Crippen molar-refractivity contribution in [2.24, 2.45) is 0 Å². The minimum atomic E-state index is -0.124. The zero-order valence-corrected chi connectivity index (χ0v) is 13.8. The molecular formula is C14H9Br2ClO2. The van der Waals surface area contributed by atoms with Crippen molar-refractivity contribution in [2.45, 2.75) is 0 Å². The fourth-order valence-corrected chi connectivity index (χ4v) is 2.94. The smallest absolute Gasteiger partial charge is 0.194 e. The number of hydrogen-bond acceptors (Lipinski definition) is 2. The van der Waals surface area contributed by atoms with Crippen molar-refractivity contribution in [3.63, 3.8) is 0 Å². The van der Waals surface area contributed by atoms with Crippen LogP contribution >= 0.6 is 43.5 Å². The first kappa shape index (κ1) is 14.6. The quantitative estimate of drug-likeness (QED) is 0.665. The maximum Gasteiger partial charge on any atom is 0.194 e. The molecule has 0 aliphatic carbocycles. The summed E-state index contributed by atoms with van der Waals surface area (Å²) < 4.78 is 6.70. The van der Waals surface area contributed by atoms with Gasteiger partial charge >= 0.3 is 0 Å². The van der Waals surface area contributed by atoms with Crippen LogP contribution in [-0.4, -0.2) is 12.9 Å². The van der Waals surface area contributed by atoms with Crippen LogP contribution in [0.15, 0.2) is 45.3 Å². The fraction of sp³-hybridized carbons (Fsp3) is 0.0714. The molecular weight excluding hydrogens is 395 g/mol. The molecule has 0 amide bonds. The molecule has 0 heterocycles. The monoisotopic (exact) mass is 402 g/mol. The Balaban J connectivity index is 2.41. The van der Waals surface area contributed by atoms with Crippen LogP contribution in [0, 0.1) is 0 Å². The molecule has 0 spiro atoms. The number of carbonyl (C=O) groups excluding carboxylic acids is 1. The summed E-state index contributed by atoms with van der Waals surface area (Å²) in [6, 6.07) is 10.4. The van der Waals surface area contributed by atoms with E-state index >= 15 is 0 Å². The molecule has 0 aromatic heterocycles. The summed E-state index contributed by atoms with van der Waals surface area (Å²) in [4.78, 5) is 12.4. The van der Waals surface area contributed by atoms with Crippen LogP contribution in [0.5, 0.6) is 5.75 Å². The van der Waals surface area contributed by atoms with Crippen molar-refractivity contribution in [3.05, 3.63) is 61.5 Å². The van der Waals surface area contributed by atoms with Gasteiger partial charge in [0.25, 0.3) is 0 Å². The lowest BCUT2D eigenvalue weighted by Crippen LogP contribution is -2.02. The van der Waals surface area contributed by atoms with E-state index in [9.17, 15) is 4.79 Å². The topological polar surface area (TPSA) is 26.3 Å². The molecule has 2 nitrogen and oxygen atoms in total. The number of methoxy groups -OCH3 is 1. The molecule has 0 aliphatic rings. The lowest BCUT2D eigenvalue weighted by Gasteiger charge is -2.07. The van der Waals surface area contributed by atoms with E-state index in [4.69, 9.17) is 16.3 Å². The zero-order chi connectivity index (χ0) is 14.0. The minimum Gasteiger partial charge on any atom is -0.496 e. The van der Waals surface area contributed by atoms with Gasteiger partial charge in [0.2, 0.25) is 0 Å². The van der Waals surface area contributed by atoms with Gasteiger partial charge in [-0.3, -0.25) is 4.79 Å². The molecule has 5 heteroatoms. The molecule has 0 fully saturated rings. The summed E-state index contributed by atoms with van der Waals surface area (Å²) in [7, 11) is 1.58. The summed E-state index contributed by atoms with van der Waals surface area (Å²) in [6.45, 7) is 0. The van der Waals surface area contributed by atoms with Crippen molar-refractivity contribution < 1.29 is 9.53 Å². The highest BCUT2D eigenvalue weighted by molar-refractivity contribution is 9.10. The second kappa shape index (κ2) is 6.07. The van der Waals surface area contributed by atoms with E-state index in [-0.39, 0.29) is 5.78 Å². The first-order valence-corrected chi connectivity index (χ1v) is 7.32. The van der Waals surface area contributed by atoms with Crippen LogP contribution in [0.2, 0.25) is 5.02 Å². The van der Waals surface area contributed by atoms with Gasteiger partial charge in [0.1, 0.15) is 5.75 Å². The van der Waals surface area contributed by atoms with Gasteiger partial charge in [0, 0.05) is 15.6 Å². The summed E-state index contributed by atoms with van der Waals surface area (Å²) in [5.41, 5.74) is 1.03. The number of carbonyl (C=O) groups is 1. The zero-order valence-electron chi connectivity index (χ0n) is 9.91. The van der Waals surface area contributed by atoms with Crippen molar-refractivity contribution in [3.8, 4) is 5.75 Å². The normalized spacial score (nSPS) is 10.3. The highest BCUT2D eigenvalue weighted by Gasteiger charge is 2.14. The maximum atomic E-state index is 12.4. The van der Waals surface area contributed by atoms with Gasteiger partial charge in [-0.1, -0.05) is 27.5 Å². The first-order valence-electron chi connectivity index (χ1n) is 5.36. The minimum absolute atomic E-state index is 0.124. The van der Waals surface area contributed by atoms with Gasteiger partial charge in [-0.2, -0.15) is 0 Å². The Labute approximate surface area is 133 Å². The van der Waals surface area contributed by atoms with E-state index < -0.39 is 0 Å². The average Bonchev–Trinajstić information content (AvgIpc) is 2.38. The average molecular weight is 404 g/mol. The molecule has 19 heavy (non-hydrogen) atoms. The van der Waals surface area contributed by atoms with Crippen LogP contribution in [0.1, 0.15) is 15.9 Å². The van der Waals surface area contributed by atoms with Crippen LogP contribution in [-0.2, 0) is 0 Å². The second-order valence-electron chi connectivity index (χ2n) is 3.80. The Morgan fingerprint density at radius 2 is 1.89 bits per heavy atom. The Bertz CT molecular complexity index is 641. The summed E-state index contributed by atoms with van der Waals surface area (Å²) >= 11 is 12.8. The summed E-state index contributed by atoms with van der Waals surface area (Å²) in [5, 5.41) is 0.423. The molecule has 2 rings (SSSR count). The highest BCUT2D eigenvalue weighted by Crippen LogP contribution is 2.28. The van der Waals surface area contributed by atoms with E-state index in [1.807, 2.05) is 0 Å². The molecule has 2 aromatic carbocycles. The van der Waals surface area contributed by atoms with E-state index in [0.717, 1.165) is 8.95 Å². The van der Waals surface area contributed by atoms with Crippen LogP contribution in [0.4, 0.5) is 0 Å². The van der Waals surface area contributed by atoms with Crippen molar-refractivity contribution in [1.29, 1.82) is 0 Å². The lowest BCUT2D eigenvalue weighted by molar-refractivity contribution is 0.103. The molecule has 0 unspecified atom stereocenters. The molecule has 0 N–H and O–H groups in total. The molecule has 0 radical (unpaired) electrons. The van der Waals surface area contributed by atoms with E-state index in [1.165, 1.54) is 0 Å². The lowest BCUT2D eigenvalue weighted by atomic mass is 10.0. The van der Waals surface area contributed by atoms with Crippen LogP contribution in [0.3, 0.4) is 0 Å². The van der Waals surface area contributed by atoms with Gasteiger partial charge < -0.3 is 4.74 Å². The Morgan fingerprint density at radius 1 is 1.16 bits per heavy atom. The van der Waals surface area contributed by atoms with Gasteiger partial charge in [-0.15, -0.1) is 0 Å². The van der Waals surface area contributed by atoms with Crippen molar-refractivity contribution in [1.82, 2.24) is 0 Å². The molecule has 0 aliphatic heterocycles. The third-order valence-corrected chi connectivity index (χ3v) is 4.02. The SMILES string of the molecule is COc1ccc(C(=O)c2ccc(Br)cc2Cl)cc1Br. The number of benzene rings is 2. The Kier molecular flexibility index (Phi) is 4.66. The third kappa shape index (κ3) is 3.19. The molecule has 0 atom stereocenters. The van der Waals surface area contributed by atoms with E-state index in [2.05, 4.69) is 31.9 Å². The van der Waals surface area contributed by atoms with E-state index in [0.29, 0.717) is 21.9 Å². The number of ketones is 1. The molecule has 0 saturated heterocycles.